The number of nitrogens with zero attached hydrogens (tertiary/aromatic N) is 4. The van der Waals surface area contributed by atoms with Gasteiger partial charge in [-0.1, -0.05) is 37.8 Å². The molecule has 160 valence electrons. The normalized spacial score (nSPS) is 13.9. The maximum atomic E-state index is 12.7. The molecule has 0 radical (unpaired) electrons. The van der Waals surface area contributed by atoms with Crippen LogP contribution in [0.5, 0.6) is 0 Å². The Morgan fingerprint density at radius 1 is 1.07 bits per heavy atom. The first-order valence-electron chi connectivity index (χ1n) is 10.5. The molecule has 2 amide bonds. The maximum absolute atomic E-state index is 12.7. The number of hydrogen-bond donors (Lipinski definition) is 1. The van der Waals surface area contributed by atoms with Gasteiger partial charge in [-0.25, -0.2) is 9.97 Å². The molecular formula is C22H28ClN5O2. The Kier molecular flexibility index (Phi) is 8.02. The van der Waals surface area contributed by atoms with Crippen LogP contribution in [0.3, 0.4) is 0 Å². The number of unbranched alkanes of at least 4 members (excludes halogenated alkanes) is 3. The third kappa shape index (κ3) is 5.69. The number of hydrogen-bond acceptors (Lipinski definition) is 5. The topological polar surface area (TPSA) is 78.4 Å². The zero-order valence-corrected chi connectivity index (χ0v) is 18.1. The molecular weight excluding hydrogens is 402 g/mol. The molecule has 0 unspecified atom stereocenters. The predicted octanol–water partition coefficient (Wildman–Crippen LogP) is 3.40. The molecule has 8 heteroatoms. The van der Waals surface area contributed by atoms with Crippen molar-refractivity contribution in [3.05, 3.63) is 52.9 Å². The van der Waals surface area contributed by atoms with Crippen LogP contribution < -0.4 is 10.2 Å². The molecule has 0 spiro atoms. The van der Waals surface area contributed by atoms with Gasteiger partial charge in [0.2, 0.25) is 0 Å². The number of rotatable bonds is 8. The summed E-state index contributed by atoms with van der Waals surface area (Å²) in [5.41, 5.74) is 0.991. The standard InChI is InChI=1S/C22H28ClN5O2/c1-2-3-4-5-10-25-21(29)17-8-9-19(26-16-17)27-12-14-28(15-13-27)22(30)18-7-6-11-24-20(18)23/h6-9,11,16H,2-5,10,12-15H2,1H3,(H,25,29). The van der Waals surface area contributed by atoms with Crippen molar-refractivity contribution in [2.75, 3.05) is 37.6 Å². The molecule has 1 N–H and O–H groups in total. The average molecular weight is 430 g/mol. The molecule has 0 atom stereocenters. The van der Waals surface area contributed by atoms with E-state index in [4.69, 9.17) is 11.6 Å². The summed E-state index contributed by atoms with van der Waals surface area (Å²) in [6.45, 7) is 5.34. The van der Waals surface area contributed by atoms with Gasteiger partial charge in [-0.2, -0.15) is 0 Å². The fourth-order valence-electron chi connectivity index (χ4n) is 3.42. The first kappa shape index (κ1) is 22.0. The van der Waals surface area contributed by atoms with E-state index < -0.39 is 0 Å². The minimum atomic E-state index is -0.105. The van der Waals surface area contributed by atoms with Crippen LogP contribution in [0.4, 0.5) is 5.82 Å². The molecule has 3 heterocycles. The van der Waals surface area contributed by atoms with Gasteiger partial charge in [-0.3, -0.25) is 9.59 Å². The lowest BCUT2D eigenvalue weighted by Gasteiger charge is -2.35. The van der Waals surface area contributed by atoms with Gasteiger partial charge in [-0.05, 0) is 30.7 Å². The van der Waals surface area contributed by atoms with E-state index in [2.05, 4.69) is 27.1 Å². The quantitative estimate of drug-likeness (QED) is 0.514. The zero-order chi connectivity index (χ0) is 21.3. The monoisotopic (exact) mass is 429 g/mol. The molecule has 0 bridgehead atoms. The van der Waals surface area contributed by atoms with E-state index in [0.717, 1.165) is 18.7 Å². The second-order valence-corrected chi connectivity index (χ2v) is 7.70. The summed E-state index contributed by atoms with van der Waals surface area (Å²) in [5.74, 6) is 0.613. The van der Waals surface area contributed by atoms with E-state index in [9.17, 15) is 9.59 Å². The smallest absolute Gasteiger partial charge is 0.257 e. The molecule has 1 aliphatic heterocycles. The highest BCUT2D eigenvalue weighted by atomic mass is 35.5. The van der Waals surface area contributed by atoms with Crippen LogP contribution in [-0.4, -0.2) is 59.4 Å². The van der Waals surface area contributed by atoms with E-state index >= 15 is 0 Å². The molecule has 0 saturated carbocycles. The van der Waals surface area contributed by atoms with E-state index in [1.807, 2.05) is 6.07 Å². The van der Waals surface area contributed by atoms with Crippen LogP contribution in [0.1, 0.15) is 53.3 Å². The molecule has 1 aliphatic rings. The highest BCUT2D eigenvalue weighted by Crippen LogP contribution is 2.18. The lowest BCUT2D eigenvalue weighted by atomic mass is 10.2. The van der Waals surface area contributed by atoms with Gasteiger partial charge >= 0.3 is 0 Å². The van der Waals surface area contributed by atoms with Crippen molar-refractivity contribution in [1.82, 2.24) is 20.2 Å². The van der Waals surface area contributed by atoms with Gasteiger partial charge in [0.15, 0.2) is 0 Å². The first-order chi connectivity index (χ1) is 14.6. The number of pyridine rings is 2. The highest BCUT2D eigenvalue weighted by Gasteiger charge is 2.24. The summed E-state index contributed by atoms with van der Waals surface area (Å²) in [5, 5.41) is 3.17. The predicted molar refractivity (Wildman–Crippen MR) is 118 cm³/mol. The largest absolute Gasteiger partial charge is 0.353 e. The number of piperazine rings is 1. The van der Waals surface area contributed by atoms with Crippen LogP contribution in [0.25, 0.3) is 0 Å². The van der Waals surface area contributed by atoms with Gasteiger partial charge in [0, 0.05) is 45.1 Å². The summed E-state index contributed by atoms with van der Waals surface area (Å²) in [6.07, 6.45) is 7.69. The van der Waals surface area contributed by atoms with Crippen molar-refractivity contribution in [2.45, 2.75) is 32.6 Å². The van der Waals surface area contributed by atoms with E-state index in [1.54, 1.807) is 35.5 Å². The Bertz CT molecular complexity index is 851. The summed E-state index contributed by atoms with van der Waals surface area (Å²) in [7, 11) is 0. The highest BCUT2D eigenvalue weighted by molar-refractivity contribution is 6.32. The lowest BCUT2D eigenvalue weighted by Crippen LogP contribution is -2.49. The minimum Gasteiger partial charge on any atom is -0.353 e. The van der Waals surface area contributed by atoms with Crippen LogP contribution in [0.2, 0.25) is 5.15 Å². The number of amides is 2. The van der Waals surface area contributed by atoms with Gasteiger partial charge in [-0.15, -0.1) is 0 Å². The Morgan fingerprint density at radius 3 is 2.53 bits per heavy atom. The van der Waals surface area contributed by atoms with Crippen LogP contribution in [0.15, 0.2) is 36.7 Å². The van der Waals surface area contributed by atoms with Gasteiger partial charge in [0.25, 0.3) is 11.8 Å². The number of carbonyl (C=O) groups is 2. The fourth-order valence-corrected chi connectivity index (χ4v) is 3.62. The lowest BCUT2D eigenvalue weighted by molar-refractivity contribution is 0.0746. The molecule has 30 heavy (non-hydrogen) atoms. The summed E-state index contributed by atoms with van der Waals surface area (Å²) in [6, 6.07) is 7.07. The minimum absolute atomic E-state index is 0.0886. The van der Waals surface area contributed by atoms with Crippen LogP contribution in [-0.2, 0) is 0 Å². The fraction of sp³-hybridized carbons (Fsp3) is 0.455. The molecule has 2 aromatic rings. The molecule has 0 aromatic carbocycles. The number of carbonyl (C=O) groups excluding carboxylic acids is 2. The Hall–Kier alpha value is -2.67. The van der Waals surface area contributed by atoms with Gasteiger partial charge in [0.05, 0.1) is 11.1 Å². The summed E-state index contributed by atoms with van der Waals surface area (Å²) < 4.78 is 0. The van der Waals surface area contributed by atoms with Crippen molar-refractivity contribution in [3.63, 3.8) is 0 Å². The summed E-state index contributed by atoms with van der Waals surface area (Å²) in [4.78, 5) is 37.2. The molecule has 1 fully saturated rings. The first-order valence-corrected chi connectivity index (χ1v) is 10.9. The van der Waals surface area contributed by atoms with Gasteiger partial charge < -0.3 is 15.1 Å². The van der Waals surface area contributed by atoms with Gasteiger partial charge in [0.1, 0.15) is 11.0 Å². The van der Waals surface area contributed by atoms with Crippen LogP contribution in [0, 0.1) is 0 Å². The number of nitrogens with one attached hydrogen (secondary N) is 1. The molecule has 3 rings (SSSR count). The third-order valence-electron chi connectivity index (χ3n) is 5.21. The molecule has 1 saturated heterocycles. The molecule has 2 aromatic heterocycles. The van der Waals surface area contributed by atoms with Crippen molar-refractivity contribution in [3.8, 4) is 0 Å². The number of halogens is 1. The van der Waals surface area contributed by atoms with Crippen molar-refractivity contribution in [2.24, 2.45) is 0 Å². The SMILES string of the molecule is CCCCCCNC(=O)c1ccc(N2CCN(C(=O)c3cccnc3Cl)CC2)nc1. The average Bonchev–Trinajstić information content (AvgIpc) is 2.79. The van der Waals surface area contributed by atoms with Crippen molar-refractivity contribution < 1.29 is 9.59 Å². The Morgan fingerprint density at radius 2 is 1.87 bits per heavy atom. The summed E-state index contributed by atoms with van der Waals surface area (Å²) >= 11 is 6.05. The molecule has 7 nitrogen and oxygen atoms in total. The molecule has 0 aliphatic carbocycles. The maximum Gasteiger partial charge on any atom is 0.257 e. The second-order valence-electron chi connectivity index (χ2n) is 7.34. The number of aromatic nitrogens is 2. The second kappa shape index (κ2) is 10.9. The van der Waals surface area contributed by atoms with E-state index in [-0.39, 0.29) is 17.0 Å². The Balaban J connectivity index is 1.49. The van der Waals surface area contributed by atoms with Crippen molar-refractivity contribution in [1.29, 1.82) is 0 Å². The van der Waals surface area contributed by atoms with Crippen molar-refractivity contribution >= 4 is 29.2 Å². The number of anilines is 1. The Labute approximate surface area is 182 Å². The van der Waals surface area contributed by atoms with E-state index in [1.165, 1.54) is 12.8 Å². The van der Waals surface area contributed by atoms with E-state index in [0.29, 0.717) is 43.9 Å². The van der Waals surface area contributed by atoms with Crippen LogP contribution >= 0.6 is 11.6 Å². The third-order valence-corrected chi connectivity index (χ3v) is 5.51. The zero-order valence-electron chi connectivity index (χ0n) is 17.3.